The molecule has 0 saturated heterocycles. The molecule has 6 nitrogen and oxygen atoms in total. The van der Waals surface area contributed by atoms with Gasteiger partial charge in [-0.2, -0.15) is 0 Å². The van der Waals surface area contributed by atoms with Crippen LogP contribution in [0.4, 0.5) is 14.9 Å². The molecule has 0 bridgehead atoms. The number of anilines is 1. The molecule has 0 atom stereocenters. The van der Waals surface area contributed by atoms with Gasteiger partial charge in [-0.1, -0.05) is 35.5 Å². The van der Waals surface area contributed by atoms with Crippen LogP contribution in [0.3, 0.4) is 0 Å². The number of hydrogen-bond donors (Lipinski definition) is 1. The van der Waals surface area contributed by atoms with Crippen molar-refractivity contribution in [3.63, 3.8) is 0 Å². The van der Waals surface area contributed by atoms with Gasteiger partial charge in [0.05, 0.1) is 12.4 Å². The number of aromatic nitrogens is 3. The maximum atomic E-state index is 14.0. The van der Waals surface area contributed by atoms with E-state index in [1.165, 1.54) is 29.2 Å². The van der Waals surface area contributed by atoms with Crippen molar-refractivity contribution in [1.29, 1.82) is 0 Å². The summed E-state index contributed by atoms with van der Waals surface area (Å²) in [6.07, 6.45) is 2.33. The Bertz CT molecular complexity index is 791. The second-order valence-electron chi connectivity index (χ2n) is 4.70. The summed E-state index contributed by atoms with van der Waals surface area (Å²) in [5.41, 5.74) is 1.41. The van der Waals surface area contributed by atoms with Crippen LogP contribution in [0.25, 0.3) is 5.69 Å². The van der Waals surface area contributed by atoms with Crippen molar-refractivity contribution < 1.29 is 13.9 Å². The average molecular weight is 312 g/mol. The van der Waals surface area contributed by atoms with Crippen molar-refractivity contribution in [2.24, 2.45) is 0 Å². The van der Waals surface area contributed by atoms with Crippen LogP contribution in [-0.4, -0.2) is 21.1 Å². The zero-order valence-corrected chi connectivity index (χ0v) is 12.0. The number of halogens is 1. The summed E-state index contributed by atoms with van der Waals surface area (Å²) in [7, 11) is 0. The lowest BCUT2D eigenvalue weighted by Gasteiger charge is -2.08. The van der Waals surface area contributed by atoms with E-state index in [9.17, 15) is 9.18 Å². The molecule has 0 saturated carbocycles. The van der Waals surface area contributed by atoms with Gasteiger partial charge < -0.3 is 4.74 Å². The molecule has 1 heterocycles. The van der Waals surface area contributed by atoms with Gasteiger partial charge in [-0.25, -0.2) is 13.9 Å². The van der Waals surface area contributed by atoms with E-state index < -0.39 is 11.9 Å². The van der Waals surface area contributed by atoms with Crippen molar-refractivity contribution in [2.45, 2.75) is 6.61 Å². The first kappa shape index (κ1) is 14.7. The van der Waals surface area contributed by atoms with Gasteiger partial charge in [-0.3, -0.25) is 5.32 Å². The minimum Gasteiger partial charge on any atom is -0.444 e. The molecule has 1 amide bonds. The van der Waals surface area contributed by atoms with Crippen molar-refractivity contribution in [3.8, 4) is 5.69 Å². The smallest absolute Gasteiger partial charge is 0.411 e. The molecule has 3 rings (SSSR count). The van der Waals surface area contributed by atoms with Crippen molar-refractivity contribution >= 4 is 11.8 Å². The number of carbonyl (C=O) groups excluding carboxylic acids is 1. The third-order valence-electron chi connectivity index (χ3n) is 3.08. The van der Waals surface area contributed by atoms with Crippen molar-refractivity contribution in [1.82, 2.24) is 15.0 Å². The van der Waals surface area contributed by atoms with Gasteiger partial charge in [-0.05, 0) is 23.8 Å². The predicted octanol–water partition coefficient (Wildman–Crippen LogP) is 3.16. The fourth-order valence-corrected chi connectivity index (χ4v) is 1.98. The first-order valence-electron chi connectivity index (χ1n) is 6.86. The minimum absolute atomic E-state index is 0.145. The zero-order valence-electron chi connectivity index (χ0n) is 12.0. The van der Waals surface area contributed by atoms with Gasteiger partial charge in [0.15, 0.2) is 5.82 Å². The third kappa shape index (κ3) is 3.70. The number of hydrogen-bond acceptors (Lipinski definition) is 4. The van der Waals surface area contributed by atoms with Gasteiger partial charge >= 0.3 is 6.09 Å². The Labute approximate surface area is 131 Å². The Morgan fingerprint density at radius 1 is 1.22 bits per heavy atom. The molecular weight excluding hydrogens is 299 g/mol. The summed E-state index contributed by atoms with van der Waals surface area (Å²) in [5.74, 6) is -0.531. The van der Waals surface area contributed by atoms with Gasteiger partial charge in [-0.15, -0.1) is 5.10 Å². The summed E-state index contributed by atoms with van der Waals surface area (Å²) in [6, 6.07) is 13.5. The molecule has 3 aromatic rings. The molecule has 7 heteroatoms. The Morgan fingerprint density at radius 2 is 2.04 bits per heavy atom. The van der Waals surface area contributed by atoms with Crippen molar-refractivity contribution in [2.75, 3.05) is 5.32 Å². The summed E-state index contributed by atoms with van der Waals surface area (Å²) < 4.78 is 20.4. The topological polar surface area (TPSA) is 69.0 Å². The predicted molar refractivity (Wildman–Crippen MR) is 81.6 cm³/mol. The van der Waals surface area contributed by atoms with Crippen LogP contribution in [0, 0.1) is 5.82 Å². The SMILES string of the molecule is O=C(Nc1ccc(-n2ccnn2)c(F)c1)OCc1ccccc1. The molecule has 0 radical (unpaired) electrons. The lowest BCUT2D eigenvalue weighted by Crippen LogP contribution is -2.14. The maximum absolute atomic E-state index is 14.0. The van der Waals surface area contributed by atoms with E-state index in [-0.39, 0.29) is 12.3 Å². The van der Waals surface area contributed by atoms with Crippen LogP contribution in [0.2, 0.25) is 0 Å². The molecule has 1 aromatic heterocycles. The van der Waals surface area contributed by atoms with Crippen LogP contribution in [0.15, 0.2) is 60.9 Å². The molecule has 0 aliphatic rings. The fraction of sp³-hybridized carbons (Fsp3) is 0.0625. The van der Waals surface area contributed by atoms with E-state index in [0.717, 1.165) is 5.56 Å². The highest BCUT2D eigenvalue weighted by Crippen LogP contribution is 2.17. The van der Waals surface area contributed by atoms with E-state index in [2.05, 4.69) is 15.6 Å². The van der Waals surface area contributed by atoms with Gasteiger partial charge in [0.2, 0.25) is 0 Å². The van der Waals surface area contributed by atoms with E-state index in [1.807, 2.05) is 30.3 Å². The summed E-state index contributed by atoms with van der Waals surface area (Å²) in [4.78, 5) is 11.7. The fourth-order valence-electron chi connectivity index (χ4n) is 1.98. The second-order valence-corrected chi connectivity index (χ2v) is 4.70. The lowest BCUT2D eigenvalue weighted by molar-refractivity contribution is 0.155. The van der Waals surface area contributed by atoms with Crippen LogP contribution in [0.5, 0.6) is 0 Å². The van der Waals surface area contributed by atoms with Gasteiger partial charge in [0.1, 0.15) is 12.3 Å². The number of ether oxygens (including phenoxy) is 1. The largest absolute Gasteiger partial charge is 0.444 e. The van der Waals surface area contributed by atoms with Gasteiger partial charge in [0, 0.05) is 5.69 Å². The third-order valence-corrected chi connectivity index (χ3v) is 3.08. The monoisotopic (exact) mass is 312 g/mol. The lowest BCUT2D eigenvalue weighted by atomic mass is 10.2. The summed E-state index contributed by atoms with van der Waals surface area (Å²) >= 11 is 0. The number of nitrogens with one attached hydrogen (secondary N) is 1. The highest BCUT2D eigenvalue weighted by Gasteiger charge is 2.09. The highest BCUT2D eigenvalue weighted by molar-refractivity contribution is 5.84. The van der Waals surface area contributed by atoms with E-state index in [0.29, 0.717) is 5.69 Å². The van der Waals surface area contributed by atoms with E-state index >= 15 is 0 Å². The molecule has 0 unspecified atom stereocenters. The maximum Gasteiger partial charge on any atom is 0.411 e. The number of amides is 1. The van der Waals surface area contributed by atoms with E-state index in [1.54, 1.807) is 6.07 Å². The average Bonchev–Trinajstić information content (AvgIpc) is 3.08. The minimum atomic E-state index is -0.651. The van der Waals surface area contributed by atoms with Gasteiger partial charge in [0.25, 0.3) is 0 Å². The highest BCUT2D eigenvalue weighted by atomic mass is 19.1. The Morgan fingerprint density at radius 3 is 2.74 bits per heavy atom. The molecule has 116 valence electrons. The first-order chi connectivity index (χ1) is 11.2. The molecule has 1 N–H and O–H groups in total. The first-order valence-corrected chi connectivity index (χ1v) is 6.86. The van der Waals surface area contributed by atoms with E-state index in [4.69, 9.17) is 4.74 Å². The summed E-state index contributed by atoms with van der Waals surface area (Å²) in [6.45, 7) is 0.145. The molecular formula is C16H13FN4O2. The van der Waals surface area contributed by atoms with Crippen LogP contribution < -0.4 is 5.32 Å². The quantitative estimate of drug-likeness (QED) is 0.803. The number of carbonyl (C=O) groups is 1. The normalized spacial score (nSPS) is 10.3. The second kappa shape index (κ2) is 6.69. The van der Waals surface area contributed by atoms with Crippen molar-refractivity contribution in [3.05, 3.63) is 72.3 Å². The molecule has 0 fully saturated rings. The number of benzene rings is 2. The molecule has 0 aliphatic heterocycles. The molecule has 23 heavy (non-hydrogen) atoms. The van der Waals surface area contributed by atoms with Crippen LogP contribution >= 0.6 is 0 Å². The Hall–Kier alpha value is -3.22. The number of rotatable bonds is 4. The molecule has 2 aromatic carbocycles. The standard InChI is InChI=1S/C16H13FN4O2/c17-14-10-13(6-7-15(14)21-9-8-18-20-21)19-16(22)23-11-12-4-2-1-3-5-12/h1-10H,11H2,(H,19,22). The molecule has 0 spiro atoms. The Kier molecular flexibility index (Phi) is 4.28. The summed E-state index contributed by atoms with van der Waals surface area (Å²) in [5, 5.41) is 9.81. The van der Waals surface area contributed by atoms with Crippen LogP contribution in [-0.2, 0) is 11.3 Å². The molecule has 0 aliphatic carbocycles. The Balaban J connectivity index is 1.62. The van der Waals surface area contributed by atoms with Crippen LogP contribution in [0.1, 0.15) is 5.56 Å². The number of nitrogens with zero attached hydrogens (tertiary/aromatic N) is 3. The zero-order chi connectivity index (χ0) is 16.1.